The zero-order valence-electron chi connectivity index (χ0n) is 17.4. The Labute approximate surface area is 180 Å². The number of hydrogen-bond donors (Lipinski definition) is 0. The second-order valence-electron chi connectivity index (χ2n) is 8.60. The molecule has 1 aliphatic rings. The maximum Gasteiger partial charge on any atom is 0.200 e. The predicted molar refractivity (Wildman–Crippen MR) is 127 cm³/mol. The van der Waals surface area contributed by atoms with Gasteiger partial charge >= 0.3 is 0 Å². The van der Waals surface area contributed by atoms with Gasteiger partial charge < -0.3 is 9.32 Å². The van der Waals surface area contributed by atoms with E-state index in [9.17, 15) is 4.79 Å². The van der Waals surface area contributed by atoms with Crippen molar-refractivity contribution in [1.82, 2.24) is 0 Å². The summed E-state index contributed by atoms with van der Waals surface area (Å²) in [6.07, 6.45) is 0. The molecule has 6 rings (SSSR count). The SMILES string of the molecule is CC1(C)c2ccccc2N(c2ccc3oc4ccccc4c(=O)c3c2)c2ccccc21. The Kier molecular flexibility index (Phi) is 3.66. The molecule has 0 unspecified atom stereocenters. The molecule has 3 heteroatoms. The Morgan fingerprint density at radius 2 is 1.26 bits per heavy atom. The second-order valence-corrected chi connectivity index (χ2v) is 8.60. The molecule has 0 saturated heterocycles. The van der Waals surface area contributed by atoms with E-state index in [0.717, 1.165) is 17.1 Å². The summed E-state index contributed by atoms with van der Waals surface area (Å²) in [4.78, 5) is 15.5. The minimum absolute atomic E-state index is 0.00221. The summed E-state index contributed by atoms with van der Waals surface area (Å²) in [6, 6.07) is 30.3. The minimum Gasteiger partial charge on any atom is -0.456 e. The van der Waals surface area contributed by atoms with E-state index in [1.54, 1.807) is 0 Å². The number of benzene rings is 4. The van der Waals surface area contributed by atoms with Crippen LogP contribution in [0, 0.1) is 0 Å². The van der Waals surface area contributed by atoms with E-state index in [1.165, 1.54) is 11.1 Å². The number of fused-ring (bicyclic) bond motifs is 4. The highest BCUT2D eigenvalue weighted by atomic mass is 16.3. The molecule has 0 fully saturated rings. The Morgan fingerprint density at radius 3 is 1.97 bits per heavy atom. The van der Waals surface area contributed by atoms with Crippen LogP contribution in [0.1, 0.15) is 25.0 Å². The molecule has 31 heavy (non-hydrogen) atoms. The van der Waals surface area contributed by atoms with Gasteiger partial charge in [0.2, 0.25) is 5.43 Å². The van der Waals surface area contributed by atoms with Crippen molar-refractivity contribution in [3.63, 3.8) is 0 Å². The third-order valence-corrected chi connectivity index (χ3v) is 6.45. The van der Waals surface area contributed by atoms with Gasteiger partial charge in [0.25, 0.3) is 0 Å². The van der Waals surface area contributed by atoms with Gasteiger partial charge in [-0.05, 0) is 53.6 Å². The zero-order chi connectivity index (χ0) is 21.2. The fraction of sp³-hybridized carbons (Fsp3) is 0.107. The first-order valence-corrected chi connectivity index (χ1v) is 10.5. The molecule has 0 bridgehead atoms. The van der Waals surface area contributed by atoms with E-state index in [0.29, 0.717) is 21.9 Å². The smallest absolute Gasteiger partial charge is 0.200 e. The molecule has 0 radical (unpaired) electrons. The van der Waals surface area contributed by atoms with E-state index in [-0.39, 0.29) is 10.8 Å². The lowest BCUT2D eigenvalue weighted by Crippen LogP contribution is -2.30. The largest absolute Gasteiger partial charge is 0.456 e. The van der Waals surface area contributed by atoms with E-state index in [2.05, 4.69) is 67.3 Å². The molecule has 4 aromatic carbocycles. The topological polar surface area (TPSA) is 33.5 Å². The van der Waals surface area contributed by atoms with Crippen LogP contribution >= 0.6 is 0 Å². The van der Waals surface area contributed by atoms with Crippen molar-refractivity contribution in [3.8, 4) is 0 Å². The zero-order valence-corrected chi connectivity index (χ0v) is 17.4. The van der Waals surface area contributed by atoms with Gasteiger partial charge in [-0.25, -0.2) is 0 Å². The normalized spacial score (nSPS) is 14.5. The highest BCUT2D eigenvalue weighted by Crippen LogP contribution is 2.51. The Hall–Kier alpha value is -3.85. The van der Waals surface area contributed by atoms with Crippen LogP contribution in [0.4, 0.5) is 17.1 Å². The Morgan fingerprint density at radius 1 is 0.677 bits per heavy atom. The number of hydrogen-bond acceptors (Lipinski definition) is 3. The molecule has 2 heterocycles. The first-order chi connectivity index (χ1) is 15.1. The van der Waals surface area contributed by atoms with Crippen LogP contribution in [0.5, 0.6) is 0 Å². The quantitative estimate of drug-likeness (QED) is 0.281. The molecule has 0 atom stereocenters. The highest BCUT2D eigenvalue weighted by Gasteiger charge is 2.36. The molecular formula is C28H21NO2. The highest BCUT2D eigenvalue weighted by molar-refractivity contribution is 5.94. The molecule has 0 spiro atoms. The van der Waals surface area contributed by atoms with Crippen molar-refractivity contribution in [2.75, 3.05) is 4.90 Å². The van der Waals surface area contributed by atoms with E-state index >= 15 is 0 Å². The lowest BCUT2D eigenvalue weighted by atomic mass is 9.73. The summed E-state index contributed by atoms with van der Waals surface area (Å²) >= 11 is 0. The predicted octanol–water partition coefficient (Wildman–Crippen LogP) is 7.06. The molecule has 1 aliphatic heterocycles. The monoisotopic (exact) mass is 403 g/mol. The summed E-state index contributed by atoms with van der Waals surface area (Å²) in [6.45, 7) is 4.53. The van der Waals surface area contributed by atoms with Crippen LogP contribution < -0.4 is 10.3 Å². The molecule has 3 nitrogen and oxygen atoms in total. The van der Waals surface area contributed by atoms with Crippen LogP contribution in [0.15, 0.2) is 100 Å². The van der Waals surface area contributed by atoms with Gasteiger partial charge in [-0.15, -0.1) is 0 Å². The molecule has 1 aromatic heterocycles. The van der Waals surface area contributed by atoms with Crippen LogP contribution in [-0.2, 0) is 5.41 Å². The summed E-state index contributed by atoms with van der Waals surface area (Å²) in [5.41, 5.74) is 6.85. The van der Waals surface area contributed by atoms with Gasteiger partial charge in [-0.1, -0.05) is 62.4 Å². The second kappa shape index (κ2) is 6.32. The van der Waals surface area contributed by atoms with Crippen molar-refractivity contribution in [3.05, 3.63) is 112 Å². The maximum absolute atomic E-state index is 13.2. The fourth-order valence-electron chi connectivity index (χ4n) is 4.88. The minimum atomic E-state index is -0.115. The summed E-state index contributed by atoms with van der Waals surface area (Å²) in [7, 11) is 0. The molecule has 150 valence electrons. The number of para-hydroxylation sites is 3. The van der Waals surface area contributed by atoms with Crippen molar-refractivity contribution in [2.24, 2.45) is 0 Å². The van der Waals surface area contributed by atoms with Crippen LogP contribution in [0.3, 0.4) is 0 Å². The summed E-state index contributed by atoms with van der Waals surface area (Å²) < 4.78 is 6.02. The van der Waals surface area contributed by atoms with Crippen molar-refractivity contribution in [1.29, 1.82) is 0 Å². The first kappa shape index (κ1) is 18.0. The lowest BCUT2D eigenvalue weighted by molar-refractivity contribution is 0.632. The maximum atomic E-state index is 13.2. The summed E-state index contributed by atoms with van der Waals surface area (Å²) in [5.74, 6) is 0. The number of nitrogens with zero attached hydrogens (tertiary/aromatic N) is 1. The third kappa shape index (κ3) is 2.50. The molecule has 0 N–H and O–H groups in total. The van der Waals surface area contributed by atoms with Crippen LogP contribution in [0.2, 0.25) is 0 Å². The average molecular weight is 403 g/mol. The van der Waals surface area contributed by atoms with Gasteiger partial charge in [0.05, 0.1) is 22.1 Å². The molecule has 0 amide bonds. The molecular weight excluding hydrogens is 382 g/mol. The van der Waals surface area contributed by atoms with Crippen LogP contribution in [-0.4, -0.2) is 0 Å². The third-order valence-electron chi connectivity index (χ3n) is 6.45. The fourth-order valence-corrected chi connectivity index (χ4v) is 4.88. The number of anilines is 3. The lowest BCUT2D eigenvalue weighted by Gasteiger charge is -2.42. The van der Waals surface area contributed by atoms with Crippen molar-refractivity contribution < 1.29 is 4.42 Å². The van der Waals surface area contributed by atoms with E-state index in [1.807, 2.05) is 42.5 Å². The number of rotatable bonds is 1. The van der Waals surface area contributed by atoms with Crippen molar-refractivity contribution in [2.45, 2.75) is 19.3 Å². The first-order valence-electron chi connectivity index (χ1n) is 10.5. The van der Waals surface area contributed by atoms with Crippen molar-refractivity contribution >= 4 is 39.0 Å². The molecule has 0 saturated carbocycles. The van der Waals surface area contributed by atoms with Gasteiger partial charge in [0, 0.05) is 11.1 Å². The standard InChI is InChI=1S/C28H21NO2/c1-28(2)21-10-4-6-12-23(21)29(24-13-7-5-11-22(24)28)18-15-16-26-20(17-18)27(30)19-9-3-8-14-25(19)31-26/h3-17H,1-2H3. The average Bonchev–Trinajstić information content (AvgIpc) is 2.80. The van der Waals surface area contributed by atoms with Gasteiger partial charge in [-0.2, -0.15) is 0 Å². The van der Waals surface area contributed by atoms with Gasteiger partial charge in [0.1, 0.15) is 11.2 Å². The summed E-state index contributed by atoms with van der Waals surface area (Å²) in [5, 5.41) is 1.20. The van der Waals surface area contributed by atoms with Gasteiger partial charge in [-0.3, -0.25) is 4.79 Å². The molecule has 0 aliphatic carbocycles. The van der Waals surface area contributed by atoms with Gasteiger partial charge in [0.15, 0.2) is 0 Å². The van der Waals surface area contributed by atoms with E-state index < -0.39 is 0 Å². The van der Waals surface area contributed by atoms with E-state index in [4.69, 9.17) is 4.42 Å². The Balaban J connectivity index is 1.66. The molecule has 5 aromatic rings. The van der Waals surface area contributed by atoms with Crippen LogP contribution in [0.25, 0.3) is 21.9 Å². The Bertz CT molecular complexity index is 1490.